The van der Waals surface area contributed by atoms with Gasteiger partial charge in [0.15, 0.2) is 0 Å². The zero-order chi connectivity index (χ0) is 10.7. The van der Waals surface area contributed by atoms with Crippen LogP contribution in [0.2, 0.25) is 0 Å². The Bertz CT molecular complexity index is 451. The van der Waals surface area contributed by atoms with Gasteiger partial charge < -0.3 is 4.74 Å². The maximum Gasteiger partial charge on any atom is 0.126 e. The molecule has 0 bridgehead atoms. The first kappa shape index (κ1) is 10.1. The van der Waals surface area contributed by atoms with E-state index in [4.69, 9.17) is 4.74 Å². The van der Waals surface area contributed by atoms with Gasteiger partial charge in [-0.15, -0.1) is 12.6 Å². The van der Waals surface area contributed by atoms with Gasteiger partial charge in [0, 0.05) is 10.5 Å². The van der Waals surface area contributed by atoms with Crippen molar-refractivity contribution < 1.29 is 4.74 Å². The molecule has 0 aromatic heterocycles. The van der Waals surface area contributed by atoms with Gasteiger partial charge >= 0.3 is 0 Å². The number of benzene rings is 2. The molecule has 2 rings (SSSR count). The number of hydrogen-bond donors (Lipinski definition) is 1. The molecule has 0 atom stereocenters. The standard InChI is InChI=1S/C13H12OS/c1-14-13-8-7-11(15)9-12(13)10-5-3-2-4-6-10/h2-9,15H,1H3. The van der Waals surface area contributed by atoms with Gasteiger partial charge in [0.1, 0.15) is 5.75 Å². The van der Waals surface area contributed by atoms with Crippen molar-refractivity contribution in [3.05, 3.63) is 48.5 Å². The normalized spacial score (nSPS) is 10.0. The molecule has 0 aliphatic rings. The van der Waals surface area contributed by atoms with Gasteiger partial charge in [-0.25, -0.2) is 0 Å². The van der Waals surface area contributed by atoms with Crippen molar-refractivity contribution in [1.82, 2.24) is 0 Å². The molecular formula is C13H12OS. The van der Waals surface area contributed by atoms with Crippen molar-refractivity contribution >= 4 is 12.6 Å². The van der Waals surface area contributed by atoms with Crippen molar-refractivity contribution in [2.45, 2.75) is 4.90 Å². The Morgan fingerprint density at radius 2 is 1.73 bits per heavy atom. The van der Waals surface area contributed by atoms with E-state index in [1.165, 1.54) is 0 Å². The first-order valence-corrected chi connectivity index (χ1v) is 5.18. The molecule has 1 nitrogen and oxygen atoms in total. The fourth-order valence-electron chi connectivity index (χ4n) is 1.54. The molecule has 0 aliphatic heterocycles. The highest BCUT2D eigenvalue weighted by molar-refractivity contribution is 7.80. The lowest BCUT2D eigenvalue weighted by molar-refractivity contribution is 0.416. The van der Waals surface area contributed by atoms with E-state index in [0.717, 1.165) is 21.8 Å². The molecule has 0 aliphatic carbocycles. The third-order valence-corrected chi connectivity index (χ3v) is 2.55. The Hall–Kier alpha value is -1.41. The minimum absolute atomic E-state index is 0.874. The average Bonchev–Trinajstić information content (AvgIpc) is 2.30. The zero-order valence-electron chi connectivity index (χ0n) is 8.47. The lowest BCUT2D eigenvalue weighted by atomic mass is 10.1. The third-order valence-electron chi connectivity index (χ3n) is 2.27. The minimum atomic E-state index is 0.874. The van der Waals surface area contributed by atoms with Gasteiger partial charge in [0.05, 0.1) is 7.11 Å². The van der Waals surface area contributed by atoms with Crippen LogP contribution in [0.15, 0.2) is 53.4 Å². The summed E-state index contributed by atoms with van der Waals surface area (Å²) < 4.78 is 5.32. The monoisotopic (exact) mass is 216 g/mol. The van der Waals surface area contributed by atoms with Crippen molar-refractivity contribution in [2.24, 2.45) is 0 Å². The summed E-state index contributed by atoms with van der Waals surface area (Å²) in [6, 6.07) is 16.0. The van der Waals surface area contributed by atoms with E-state index in [1.54, 1.807) is 7.11 Å². The maximum atomic E-state index is 5.32. The summed E-state index contributed by atoms with van der Waals surface area (Å²) >= 11 is 4.33. The maximum absolute atomic E-state index is 5.32. The number of rotatable bonds is 2. The number of thiol groups is 1. The molecule has 0 saturated carbocycles. The largest absolute Gasteiger partial charge is 0.496 e. The van der Waals surface area contributed by atoms with Crippen LogP contribution >= 0.6 is 12.6 Å². The van der Waals surface area contributed by atoms with Crippen molar-refractivity contribution in [3.8, 4) is 16.9 Å². The van der Waals surface area contributed by atoms with Crippen LogP contribution in [0.25, 0.3) is 11.1 Å². The molecule has 2 aromatic rings. The lowest BCUT2D eigenvalue weighted by Crippen LogP contribution is -1.87. The highest BCUT2D eigenvalue weighted by Crippen LogP contribution is 2.31. The van der Waals surface area contributed by atoms with E-state index < -0.39 is 0 Å². The van der Waals surface area contributed by atoms with Gasteiger partial charge in [-0.1, -0.05) is 30.3 Å². The second kappa shape index (κ2) is 4.41. The molecule has 2 aromatic carbocycles. The number of hydrogen-bond acceptors (Lipinski definition) is 2. The smallest absolute Gasteiger partial charge is 0.126 e. The second-order valence-electron chi connectivity index (χ2n) is 3.25. The molecule has 0 spiro atoms. The van der Waals surface area contributed by atoms with Crippen LogP contribution in [0, 0.1) is 0 Å². The fraction of sp³-hybridized carbons (Fsp3) is 0.0769. The van der Waals surface area contributed by atoms with Crippen molar-refractivity contribution in [2.75, 3.05) is 7.11 Å². The van der Waals surface area contributed by atoms with E-state index in [9.17, 15) is 0 Å². The van der Waals surface area contributed by atoms with Crippen LogP contribution < -0.4 is 4.74 Å². The molecular weight excluding hydrogens is 204 g/mol. The summed E-state index contributed by atoms with van der Waals surface area (Å²) in [5.74, 6) is 0.874. The minimum Gasteiger partial charge on any atom is -0.496 e. The Balaban J connectivity index is 2.56. The van der Waals surface area contributed by atoms with Gasteiger partial charge in [-0.3, -0.25) is 0 Å². The summed E-state index contributed by atoms with van der Waals surface area (Å²) in [6.45, 7) is 0. The van der Waals surface area contributed by atoms with E-state index in [2.05, 4.69) is 24.8 Å². The quantitative estimate of drug-likeness (QED) is 0.754. The fourth-order valence-corrected chi connectivity index (χ4v) is 1.74. The molecule has 76 valence electrons. The van der Waals surface area contributed by atoms with Crippen LogP contribution in [0.1, 0.15) is 0 Å². The van der Waals surface area contributed by atoms with E-state index >= 15 is 0 Å². The molecule has 0 saturated heterocycles. The van der Waals surface area contributed by atoms with Gasteiger partial charge in [0.2, 0.25) is 0 Å². The molecule has 0 fully saturated rings. The first-order chi connectivity index (χ1) is 7.31. The van der Waals surface area contributed by atoms with Crippen LogP contribution in [0.5, 0.6) is 5.75 Å². The van der Waals surface area contributed by atoms with E-state index in [1.807, 2.05) is 36.4 Å². The Morgan fingerprint density at radius 3 is 2.40 bits per heavy atom. The Morgan fingerprint density at radius 1 is 1.00 bits per heavy atom. The summed E-state index contributed by atoms with van der Waals surface area (Å²) in [4.78, 5) is 0.939. The van der Waals surface area contributed by atoms with Gasteiger partial charge in [0.25, 0.3) is 0 Å². The third kappa shape index (κ3) is 2.16. The second-order valence-corrected chi connectivity index (χ2v) is 3.77. The first-order valence-electron chi connectivity index (χ1n) is 4.73. The van der Waals surface area contributed by atoms with Gasteiger partial charge in [-0.2, -0.15) is 0 Å². The van der Waals surface area contributed by atoms with E-state index in [0.29, 0.717) is 0 Å². The molecule has 0 amide bonds. The molecule has 0 heterocycles. The molecule has 0 N–H and O–H groups in total. The Kier molecular flexibility index (Phi) is 2.97. The summed E-state index contributed by atoms with van der Waals surface area (Å²) in [7, 11) is 1.68. The predicted octanol–water partition coefficient (Wildman–Crippen LogP) is 3.65. The van der Waals surface area contributed by atoms with Crippen LogP contribution in [-0.4, -0.2) is 7.11 Å². The highest BCUT2D eigenvalue weighted by atomic mass is 32.1. The summed E-state index contributed by atoms with van der Waals surface area (Å²) in [5, 5.41) is 0. The topological polar surface area (TPSA) is 9.23 Å². The molecule has 15 heavy (non-hydrogen) atoms. The number of ether oxygens (including phenoxy) is 1. The van der Waals surface area contributed by atoms with Crippen LogP contribution in [-0.2, 0) is 0 Å². The lowest BCUT2D eigenvalue weighted by Gasteiger charge is -2.08. The van der Waals surface area contributed by atoms with E-state index in [-0.39, 0.29) is 0 Å². The van der Waals surface area contributed by atoms with Crippen molar-refractivity contribution in [1.29, 1.82) is 0 Å². The molecule has 0 unspecified atom stereocenters. The summed E-state index contributed by atoms with van der Waals surface area (Å²) in [5.41, 5.74) is 2.22. The highest BCUT2D eigenvalue weighted by Gasteiger charge is 2.04. The van der Waals surface area contributed by atoms with Crippen LogP contribution in [0.3, 0.4) is 0 Å². The molecule has 2 heteroatoms. The average molecular weight is 216 g/mol. The predicted molar refractivity (Wildman–Crippen MR) is 65.7 cm³/mol. The SMILES string of the molecule is COc1ccc(S)cc1-c1ccccc1. The van der Waals surface area contributed by atoms with Crippen LogP contribution in [0.4, 0.5) is 0 Å². The summed E-state index contributed by atoms with van der Waals surface area (Å²) in [6.07, 6.45) is 0. The Labute approximate surface area is 95.1 Å². The molecule has 0 radical (unpaired) electrons. The van der Waals surface area contributed by atoms with Crippen molar-refractivity contribution in [3.63, 3.8) is 0 Å². The van der Waals surface area contributed by atoms with Gasteiger partial charge in [-0.05, 0) is 23.8 Å². The number of methoxy groups -OCH3 is 1. The zero-order valence-corrected chi connectivity index (χ0v) is 9.37.